The van der Waals surface area contributed by atoms with Crippen LogP contribution in [-0.2, 0) is 0 Å². The number of nitro groups is 2. The Bertz CT molecular complexity index is 1180. The van der Waals surface area contributed by atoms with E-state index >= 15 is 0 Å². The molecule has 2 amide bonds. The first-order valence-corrected chi connectivity index (χ1v) is 8.85. The highest BCUT2D eigenvalue weighted by Gasteiger charge is 2.38. The van der Waals surface area contributed by atoms with Crippen molar-refractivity contribution in [2.45, 2.75) is 6.92 Å². The van der Waals surface area contributed by atoms with Crippen molar-refractivity contribution in [3.63, 3.8) is 0 Å². The van der Waals surface area contributed by atoms with Crippen LogP contribution in [0.5, 0.6) is 5.75 Å². The Morgan fingerprint density at radius 3 is 1.73 bits per heavy atom. The van der Waals surface area contributed by atoms with Crippen molar-refractivity contribution in [3.05, 3.63) is 79.9 Å². The van der Waals surface area contributed by atoms with E-state index < -0.39 is 33.0 Å². The summed E-state index contributed by atoms with van der Waals surface area (Å²) >= 11 is 0. The van der Waals surface area contributed by atoms with Gasteiger partial charge in [0.1, 0.15) is 11.1 Å². The van der Waals surface area contributed by atoms with Crippen LogP contribution >= 0.6 is 0 Å². The number of carbonyl (C=O) groups is 2. The van der Waals surface area contributed by atoms with E-state index in [-0.39, 0.29) is 27.6 Å². The second-order valence-corrected chi connectivity index (χ2v) is 6.40. The molecule has 10 heteroatoms. The van der Waals surface area contributed by atoms with Crippen molar-refractivity contribution < 1.29 is 24.2 Å². The quantitative estimate of drug-likeness (QED) is 0.356. The molecule has 0 saturated carbocycles. The molecule has 4 rings (SSSR count). The van der Waals surface area contributed by atoms with Crippen molar-refractivity contribution in [2.24, 2.45) is 0 Å². The Morgan fingerprint density at radius 2 is 1.30 bits per heavy atom. The lowest BCUT2D eigenvalue weighted by Crippen LogP contribution is -2.40. The third-order valence-corrected chi connectivity index (χ3v) is 4.78. The second kappa shape index (κ2) is 6.92. The molecule has 3 aromatic carbocycles. The molecular formula is C20H13N3O7. The molecule has 0 spiro atoms. The molecule has 3 aromatic rings. The number of rotatable bonds is 5. The van der Waals surface area contributed by atoms with Crippen LogP contribution in [0.25, 0.3) is 10.8 Å². The number of carbonyl (C=O) groups excluding carboxylic acids is 2. The predicted molar refractivity (Wildman–Crippen MR) is 106 cm³/mol. The van der Waals surface area contributed by atoms with Crippen LogP contribution in [0.1, 0.15) is 27.6 Å². The van der Waals surface area contributed by atoms with E-state index in [1.807, 2.05) is 6.92 Å². The summed E-state index contributed by atoms with van der Waals surface area (Å²) in [6, 6.07) is 10.8. The van der Waals surface area contributed by atoms with E-state index in [0.717, 1.165) is 17.0 Å². The van der Waals surface area contributed by atoms with Crippen molar-refractivity contribution >= 4 is 39.6 Å². The van der Waals surface area contributed by atoms with Gasteiger partial charge in [-0.1, -0.05) is 0 Å². The van der Waals surface area contributed by atoms with E-state index in [1.165, 1.54) is 12.1 Å². The minimum atomic E-state index is -0.774. The van der Waals surface area contributed by atoms with Gasteiger partial charge in [-0.2, -0.15) is 0 Å². The third kappa shape index (κ3) is 2.73. The van der Waals surface area contributed by atoms with Crippen LogP contribution in [0, 0.1) is 20.2 Å². The van der Waals surface area contributed by atoms with Crippen LogP contribution in [0.15, 0.2) is 48.5 Å². The Kier molecular flexibility index (Phi) is 4.38. The molecule has 0 aromatic heterocycles. The summed E-state index contributed by atoms with van der Waals surface area (Å²) in [7, 11) is 0. The Balaban J connectivity index is 1.95. The Morgan fingerprint density at radius 1 is 0.800 bits per heavy atom. The number of nitrogens with zero attached hydrogens (tertiary/aromatic N) is 3. The maximum absolute atomic E-state index is 13.1. The lowest BCUT2D eigenvalue weighted by atomic mass is 9.91. The summed E-state index contributed by atoms with van der Waals surface area (Å²) < 4.78 is 5.36. The van der Waals surface area contributed by atoms with Gasteiger partial charge in [0.05, 0.1) is 22.1 Å². The van der Waals surface area contributed by atoms with Gasteiger partial charge < -0.3 is 4.74 Å². The van der Waals surface area contributed by atoms with E-state index in [2.05, 4.69) is 0 Å². The highest BCUT2D eigenvalue weighted by atomic mass is 16.6. The fourth-order valence-corrected chi connectivity index (χ4v) is 3.55. The molecule has 0 N–H and O–H groups in total. The van der Waals surface area contributed by atoms with Gasteiger partial charge in [-0.3, -0.25) is 29.8 Å². The molecule has 10 nitrogen and oxygen atoms in total. The van der Waals surface area contributed by atoms with Gasteiger partial charge >= 0.3 is 0 Å². The van der Waals surface area contributed by atoms with Gasteiger partial charge in [-0.15, -0.1) is 0 Å². The maximum Gasteiger partial charge on any atom is 0.284 e. The van der Waals surface area contributed by atoms with Gasteiger partial charge in [-0.25, -0.2) is 4.90 Å². The summed E-state index contributed by atoms with van der Waals surface area (Å²) in [4.78, 5) is 48.5. The standard InChI is InChI=1S/C20H13N3O7/c1-2-30-12-5-3-11(4-6-12)21-19(24)13-7-9-15(22(26)27)18-16(23(28)29)10-8-14(17(13)18)20(21)25/h3-10H,2H2,1H3. The number of nitro benzene ring substituents is 2. The van der Waals surface area contributed by atoms with Gasteiger partial charge in [-0.05, 0) is 43.3 Å². The van der Waals surface area contributed by atoms with E-state index in [4.69, 9.17) is 4.74 Å². The zero-order valence-electron chi connectivity index (χ0n) is 15.5. The molecular weight excluding hydrogens is 394 g/mol. The molecule has 1 aliphatic heterocycles. The molecule has 0 unspecified atom stereocenters. The van der Waals surface area contributed by atoms with Crippen LogP contribution in [0.3, 0.4) is 0 Å². The number of benzene rings is 3. The highest BCUT2D eigenvalue weighted by Crippen LogP contribution is 2.41. The minimum Gasteiger partial charge on any atom is -0.494 e. The molecule has 0 fully saturated rings. The molecule has 0 radical (unpaired) electrons. The number of anilines is 1. The predicted octanol–water partition coefficient (Wildman–Crippen LogP) is 3.86. The van der Waals surface area contributed by atoms with Crippen LogP contribution in [-0.4, -0.2) is 28.3 Å². The first-order valence-electron chi connectivity index (χ1n) is 8.85. The fraction of sp³-hybridized carbons (Fsp3) is 0.100. The maximum atomic E-state index is 13.1. The first kappa shape index (κ1) is 19.0. The smallest absolute Gasteiger partial charge is 0.284 e. The molecule has 30 heavy (non-hydrogen) atoms. The zero-order chi connectivity index (χ0) is 21.6. The van der Waals surface area contributed by atoms with Crippen molar-refractivity contribution in [2.75, 3.05) is 11.5 Å². The lowest BCUT2D eigenvalue weighted by Gasteiger charge is -2.27. The lowest BCUT2D eigenvalue weighted by molar-refractivity contribution is -0.390. The largest absolute Gasteiger partial charge is 0.494 e. The second-order valence-electron chi connectivity index (χ2n) is 6.40. The molecule has 0 aliphatic carbocycles. The molecule has 0 atom stereocenters. The summed E-state index contributed by atoms with van der Waals surface area (Å²) in [6.45, 7) is 2.27. The third-order valence-electron chi connectivity index (χ3n) is 4.78. The Hall–Kier alpha value is -4.34. The normalized spacial score (nSPS) is 12.9. The Labute approximate surface area is 168 Å². The van der Waals surface area contributed by atoms with Crippen LogP contribution < -0.4 is 9.64 Å². The molecule has 0 bridgehead atoms. The number of non-ortho nitro benzene ring substituents is 2. The monoisotopic (exact) mass is 407 g/mol. The summed E-state index contributed by atoms with van der Waals surface area (Å²) in [5.41, 5.74) is -0.857. The van der Waals surface area contributed by atoms with Crippen LogP contribution in [0.2, 0.25) is 0 Å². The SMILES string of the molecule is CCOc1ccc(N2C(=O)c3ccc([N+](=O)[O-])c4c([N+](=O)[O-])ccc(c34)C2=O)cc1. The van der Waals surface area contributed by atoms with Crippen molar-refractivity contribution in [3.8, 4) is 5.75 Å². The molecule has 150 valence electrons. The van der Waals surface area contributed by atoms with E-state index in [9.17, 15) is 29.8 Å². The van der Waals surface area contributed by atoms with Crippen molar-refractivity contribution in [1.82, 2.24) is 0 Å². The van der Waals surface area contributed by atoms with Gasteiger partial charge in [0.25, 0.3) is 23.2 Å². The number of hydrogen-bond donors (Lipinski definition) is 0. The number of imide groups is 1. The fourth-order valence-electron chi connectivity index (χ4n) is 3.55. The minimum absolute atomic E-state index is 0.0252. The van der Waals surface area contributed by atoms with Gasteiger partial charge in [0.15, 0.2) is 0 Å². The molecule has 1 aliphatic rings. The van der Waals surface area contributed by atoms with Crippen molar-refractivity contribution in [1.29, 1.82) is 0 Å². The van der Waals surface area contributed by atoms with Gasteiger partial charge in [0.2, 0.25) is 0 Å². The number of ether oxygens (including phenoxy) is 1. The zero-order valence-corrected chi connectivity index (χ0v) is 15.5. The average molecular weight is 407 g/mol. The van der Waals surface area contributed by atoms with E-state index in [1.54, 1.807) is 24.3 Å². The molecule has 1 heterocycles. The first-order chi connectivity index (χ1) is 14.3. The van der Waals surface area contributed by atoms with Gasteiger partial charge in [0, 0.05) is 28.6 Å². The summed E-state index contributed by atoms with van der Waals surface area (Å²) in [6.07, 6.45) is 0. The van der Waals surface area contributed by atoms with E-state index in [0.29, 0.717) is 12.4 Å². The van der Waals surface area contributed by atoms with Crippen LogP contribution in [0.4, 0.5) is 17.1 Å². The summed E-state index contributed by atoms with van der Waals surface area (Å²) in [5, 5.41) is 22.5. The highest BCUT2D eigenvalue weighted by molar-refractivity contribution is 6.37. The summed E-state index contributed by atoms with van der Waals surface area (Å²) in [5.74, 6) is -0.888. The number of hydrogen-bond acceptors (Lipinski definition) is 7. The topological polar surface area (TPSA) is 133 Å². The molecule has 0 saturated heterocycles. The number of amides is 2. The average Bonchev–Trinajstić information content (AvgIpc) is 2.72.